The highest BCUT2D eigenvalue weighted by Crippen LogP contribution is 2.25. The van der Waals surface area contributed by atoms with E-state index in [0.717, 1.165) is 14.7 Å². The number of rotatable bonds is 14. The third-order valence-electron chi connectivity index (χ3n) is 12.8. The van der Waals surface area contributed by atoms with Crippen molar-refractivity contribution in [1.29, 1.82) is 0 Å². The summed E-state index contributed by atoms with van der Waals surface area (Å²) in [6.45, 7) is 23.5. The van der Waals surface area contributed by atoms with E-state index in [1.165, 1.54) is 46.9 Å². The molecule has 3 rings (SSSR count). The number of hydrogen-bond acceptors (Lipinski definition) is 13. The summed E-state index contributed by atoms with van der Waals surface area (Å²) in [5.41, 5.74) is 0.744. The zero-order chi connectivity index (χ0) is 55.9. The molecule has 17 heteroatoms. The van der Waals surface area contributed by atoms with E-state index in [0.29, 0.717) is 23.3 Å². The average Bonchev–Trinajstić information content (AvgIpc) is 3.31. The molecule has 0 spiro atoms. The second-order valence-corrected chi connectivity index (χ2v) is 22.5. The van der Waals surface area contributed by atoms with Gasteiger partial charge in [0.15, 0.2) is 24.4 Å². The summed E-state index contributed by atoms with van der Waals surface area (Å²) in [4.78, 5) is 121. The molecule has 0 saturated carbocycles. The topological polar surface area (TPSA) is 196 Å². The van der Waals surface area contributed by atoms with E-state index < -0.39 is 102 Å². The van der Waals surface area contributed by atoms with Gasteiger partial charge in [-0.05, 0) is 114 Å². The van der Waals surface area contributed by atoms with E-state index in [1.54, 1.807) is 54.6 Å². The number of esters is 4. The summed E-state index contributed by atoms with van der Waals surface area (Å²) in [6.07, 6.45) is -5.29. The summed E-state index contributed by atoms with van der Waals surface area (Å²) < 4.78 is 30.0. The van der Waals surface area contributed by atoms with Crippen molar-refractivity contribution >= 4 is 47.5 Å². The molecule has 0 unspecified atom stereocenters. The standard InChI is InChI=1S/C57H86N4O13/c1-34(2)23-28-43-53(66)70-38(9)49(62)59(15)45(30-36(5)6)55(68)72-47(32-40-21-19-18-20-22-40)52(65)61(17)44(29-35(3)4)54(67)71-39(10)50(63)60(16)46(31-37(7)8)56(69)73-48(51(64)58(43)14)33-41-24-26-42(27-25-41)74-57(11,12)13/h18-22,24-27,34-39,43-48H,23,28-33H2,1-17H3/t38-,39-,43+,44+,45+,46+,47-,48-/m1/s1. The van der Waals surface area contributed by atoms with Crippen molar-refractivity contribution in [3.05, 3.63) is 65.7 Å². The fourth-order valence-corrected chi connectivity index (χ4v) is 8.67. The SMILES string of the molecule is CC(C)CC[C@H]1C(=O)O[C@H](C)C(=O)N(C)[C@@H](CC(C)C)C(=O)O[C@H](Cc2ccccc2)C(=O)N(C)[C@@H](CC(C)C)C(=O)O[C@H](C)C(=O)N(C)[C@@H](CC(C)C)C(=O)O[C@H](Cc2ccc(OC(C)(C)C)cc2)C(=O)N1C. The fraction of sp³-hybridized carbons (Fsp3) is 0.649. The van der Waals surface area contributed by atoms with E-state index in [1.807, 2.05) is 76.2 Å². The van der Waals surface area contributed by atoms with Crippen molar-refractivity contribution < 1.29 is 62.0 Å². The van der Waals surface area contributed by atoms with Gasteiger partial charge in [0.2, 0.25) is 0 Å². The van der Waals surface area contributed by atoms with Crippen LogP contribution in [-0.2, 0) is 70.1 Å². The lowest BCUT2D eigenvalue weighted by atomic mass is 10.00. The summed E-state index contributed by atoms with van der Waals surface area (Å²) in [7, 11) is 5.57. The third kappa shape index (κ3) is 18.7. The van der Waals surface area contributed by atoms with Crippen LogP contribution in [-0.4, -0.2) is 149 Å². The lowest BCUT2D eigenvalue weighted by molar-refractivity contribution is -0.176. The van der Waals surface area contributed by atoms with Gasteiger partial charge in [-0.25, -0.2) is 19.2 Å². The molecular weight excluding hydrogens is 949 g/mol. The van der Waals surface area contributed by atoms with Gasteiger partial charge >= 0.3 is 23.9 Å². The van der Waals surface area contributed by atoms with Crippen LogP contribution in [0.2, 0.25) is 0 Å². The van der Waals surface area contributed by atoms with Crippen LogP contribution >= 0.6 is 0 Å². The van der Waals surface area contributed by atoms with Crippen LogP contribution in [0.1, 0.15) is 133 Å². The largest absolute Gasteiger partial charge is 0.488 e. The Hall–Kier alpha value is -6.00. The van der Waals surface area contributed by atoms with Crippen LogP contribution < -0.4 is 4.74 Å². The quantitative estimate of drug-likeness (QED) is 0.136. The predicted molar refractivity (Wildman–Crippen MR) is 280 cm³/mol. The smallest absolute Gasteiger partial charge is 0.329 e. The molecule has 1 saturated heterocycles. The van der Waals surface area contributed by atoms with Gasteiger partial charge < -0.3 is 43.3 Å². The Bertz CT molecular complexity index is 2210. The van der Waals surface area contributed by atoms with Crippen LogP contribution in [0.5, 0.6) is 5.75 Å². The Morgan fingerprint density at radius 2 is 0.797 bits per heavy atom. The van der Waals surface area contributed by atoms with Crippen LogP contribution in [0.4, 0.5) is 0 Å². The molecule has 0 N–H and O–H groups in total. The maximum Gasteiger partial charge on any atom is 0.329 e. The second-order valence-electron chi connectivity index (χ2n) is 22.5. The monoisotopic (exact) mass is 1030 g/mol. The fourth-order valence-electron chi connectivity index (χ4n) is 8.67. The average molecular weight is 1040 g/mol. The molecule has 0 aliphatic carbocycles. The Kier molecular flexibility index (Phi) is 23.6. The molecule has 1 aliphatic heterocycles. The number of benzene rings is 2. The molecule has 0 bridgehead atoms. The molecule has 1 heterocycles. The van der Waals surface area contributed by atoms with Gasteiger partial charge in [0.05, 0.1) is 0 Å². The second kappa shape index (κ2) is 28.1. The van der Waals surface area contributed by atoms with Crippen LogP contribution in [0.15, 0.2) is 54.6 Å². The molecule has 4 amide bonds. The van der Waals surface area contributed by atoms with Gasteiger partial charge in [-0.2, -0.15) is 0 Å². The molecule has 74 heavy (non-hydrogen) atoms. The van der Waals surface area contributed by atoms with E-state index >= 15 is 0 Å². The van der Waals surface area contributed by atoms with Gasteiger partial charge in [-0.15, -0.1) is 0 Å². The Balaban J connectivity index is 2.27. The zero-order valence-corrected chi connectivity index (χ0v) is 47.2. The van der Waals surface area contributed by atoms with E-state index in [2.05, 4.69) is 0 Å². The minimum absolute atomic E-state index is 0.0783. The number of carbonyl (C=O) groups excluding carboxylic acids is 8. The lowest BCUT2D eigenvalue weighted by Gasteiger charge is -2.35. The van der Waals surface area contributed by atoms with Gasteiger partial charge in [-0.1, -0.05) is 97.9 Å². The maximum atomic E-state index is 14.9. The molecule has 0 aromatic heterocycles. The number of ether oxygens (including phenoxy) is 5. The molecular formula is C57H86N4O13. The molecule has 8 atom stereocenters. The number of nitrogens with zero attached hydrogens (tertiary/aromatic N) is 4. The van der Waals surface area contributed by atoms with E-state index in [-0.39, 0.29) is 62.2 Å². The van der Waals surface area contributed by atoms with E-state index in [4.69, 9.17) is 23.7 Å². The van der Waals surface area contributed by atoms with Crippen LogP contribution in [0.25, 0.3) is 0 Å². The van der Waals surface area contributed by atoms with Crippen molar-refractivity contribution in [1.82, 2.24) is 19.6 Å². The predicted octanol–water partition coefficient (Wildman–Crippen LogP) is 7.23. The van der Waals surface area contributed by atoms with Crippen molar-refractivity contribution in [3.8, 4) is 5.75 Å². The van der Waals surface area contributed by atoms with Crippen molar-refractivity contribution in [2.75, 3.05) is 28.2 Å². The highest BCUT2D eigenvalue weighted by molar-refractivity contribution is 5.94. The highest BCUT2D eigenvalue weighted by atomic mass is 16.6. The molecule has 2 aromatic carbocycles. The molecule has 412 valence electrons. The minimum Gasteiger partial charge on any atom is -0.488 e. The Morgan fingerprint density at radius 1 is 0.459 bits per heavy atom. The summed E-state index contributed by atoms with van der Waals surface area (Å²) in [5.74, 6) is -6.44. The molecule has 2 aromatic rings. The number of cyclic esters (lactones) is 4. The first kappa shape index (κ1) is 62.3. The number of likely N-dealkylation sites (N-methyl/N-ethyl adjacent to an activating group) is 4. The highest BCUT2D eigenvalue weighted by Gasteiger charge is 2.43. The third-order valence-corrected chi connectivity index (χ3v) is 12.8. The number of carbonyl (C=O) groups is 8. The van der Waals surface area contributed by atoms with Gasteiger partial charge in [0, 0.05) is 41.0 Å². The Labute approximate surface area is 440 Å². The van der Waals surface area contributed by atoms with Crippen LogP contribution in [0, 0.1) is 23.7 Å². The van der Waals surface area contributed by atoms with Crippen LogP contribution in [0.3, 0.4) is 0 Å². The van der Waals surface area contributed by atoms with Crippen molar-refractivity contribution in [2.24, 2.45) is 23.7 Å². The maximum absolute atomic E-state index is 14.9. The first-order chi connectivity index (χ1) is 34.4. The molecule has 1 fully saturated rings. The zero-order valence-electron chi connectivity index (χ0n) is 47.2. The number of hydrogen-bond donors (Lipinski definition) is 0. The van der Waals surface area contributed by atoms with Gasteiger partial charge in [-0.3, -0.25) is 19.2 Å². The van der Waals surface area contributed by atoms with E-state index in [9.17, 15) is 38.4 Å². The normalized spacial score (nSPS) is 24.3. The summed E-state index contributed by atoms with van der Waals surface area (Å²) >= 11 is 0. The first-order valence-electron chi connectivity index (χ1n) is 26.1. The molecule has 1 aliphatic rings. The van der Waals surface area contributed by atoms with Crippen molar-refractivity contribution in [2.45, 2.75) is 189 Å². The van der Waals surface area contributed by atoms with Crippen molar-refractivity contribution in [3.63, 3.8) is 0 Å². The first-order valence-corrected chi connectivity index (χ1v) is 26.1. The Morgan fingerprint density at radius 3 is 1.16 bits per heavy atom. The van der Waals surface area contributed by atoms with Gasteiger partial charge in [0.1, 0.15) is 35.5 Å². The molecule has 0 radical (unpaired) electrons. The van der Waals surface area contributed by atoms with Gasteiger partial charge in [0.25, 0.3) is 23.6 Å². The number of amides is 4. The summed E-state index contributed by atoms with van der Waals surface area (Å²) in [6, 6.07) is 10.8. The molecule has 17 nitrogen and oxygen atoms in total. The lowest BCUT2D eigenvalue weighted by Crippen LogP contribution is -2.54. The minimum atomic E-state index is -1.53. The summed E-state index contributed by atoms with van der Waals surface area (Å²) in [5, 5.41) is 0.